The third-order valence-electron chi connectivity index (χ3n) is 6.42. The van der Waals surface area contributed by atoms with Gasteiger partial charge >= 0.3 is 6.09 Å². The second-order valence-corrected chi connectivity index (χ2v) is 8.47. The lowest BCUT2D eigenvalue weighted by Gasteiger charge is -2.38. The van der Waals surface area contributed by atoms with Crippen LogP contribution in [0.2, 0.25) is 0 Å². The highest BCUT2D eigenvalue weighted by atomic mass is 16.6. The molecule has 1 N–H and O–H groups in total. The third-order valence-corrected chi connectivity index (χ3v) is 6.42. The van der Waals surface area contributed by atoms with Gasteiger partial charge in [-0.05, 0) is 49.3 Å². The molecule has 0 spiro atoms. The fraction of sp³-hybridized carbons (Fsp3) is 0.609. The lowest BCUT2D eigenvalue weighted by Crippen LogP contribution is -2.54. The summed E-state index contributed by atoms with van der Waals surface area (Å²) in [5.74, 6) is 0.714. The van der Waals surface area contributed by atoms with Gasteiger partial charge in [0.1, 0.15) is 18.4 Å². The van der Waals surface area contributed by atoms with Crippen molar-refractivity contribution in [1.29, 1.82) is 0 Å². The average molecular weight is 430 g/mol. The van der Waals surface area contributed by atoms with Gasteiger partial charge in [0.05, 0.1) is 18.8 Å². The summed E-state index contributed by atoms with van der Waals surface area (Å²) in [7, 11) is 0. The molecule has 3 heterocycles. The maximum atomic E-state index is 12.3. The summed E-state index contributed by atoms with van der Waals surface area (Å²) >= 11 is 0. The minimum absolute atomic E-state index is 0.203. The standard InChI is InChI=1S/C23H31N3O5/c1-2-3-13-31-23(29)25-10-8-16(9-11-25)17-4-5-18-20(15-17)30-14-12-26(18)19-6-7-21(27)24-22(19)28/h4-5,15-16,19H,2-3,6-14H2,1H3,(H,24,27,28). The quantitative estimate of drug-likeness (QED) is 0.572. The number of hydrogen-bond donors (Lipinski definition) is 1. The van der Waals surface area contributed by atoms with E-state index in [1.165, 1.54) is 5.56 Å². The van der Waals surface area contributed by atoms with E-state index in [0.29, 0.717) is 51.6 Å². The number of nitrogens with one attached hydrogen (secondary N) is 1. The highest BCUT2D eigenvalue weighted by molar-refractivity contribution is 6.01. The summed E-state index contributed by atoms with van der Waals surface area (Å²) in [6.07, 6.45) is 4.36. The minimum atomic E-state index is -0.340. The Labute approximate surface area is 182 Å². The molecule has 3 aliphatic heterocycles. The van der Waals surface area contributed by atoms with Crippen LogP contribution in [0.1, 0.15) is 56.9 Å². The van der Waals surface area contributed by atoms with Crippen molar-refractivity contribution in [2.75, 3.05) is 37.7 Å². The van der Waals surface area contributed by atoms with Crippen molar-refractivity contribution in [3.8, 4) is 5.75 Å². The van der Waals surface area contributed by atoms with Gasteiger partial charge in [-0.3, -0.25) is 14.9 Å². The number of anilines is 1. The Morgan fingerprint density at radius 1 is 1.19 bits per heavy atom. The van der Waals surface area contributed by atoms with Gasteiger partial charge in [-0.25, -0.2) is 4.79 Å². The average Bonchev–Trinajstić information content (AvgIpc) is 2.79. The van der Waals surface area contributed by atoms with E-state index in [1.807, 2.05) is 6.07 Å². The number of benzene rings is 1. The molecule has 0 radical (unpaired) electrons. The van der Waals surface area contributed by atoms with Crippen LogP contribution in [0.25, 0.3) is 0 Å². The molecule has 31 heavy (non-hydrogen) atoms. The number of carbonyl (C=O) groups is 3. The van der Waals surface area contributed by atoms with E-state index in [1.54, 1.807) is 4.90 Å². The van der Waals surface area contributed by atoms with Crippen molar-refractivity contribution >= 4 is 23.6 Å². The number of carbonyl (C=O) groups excluding carboxylic acids is 3. The van der Waals surface area contributed by atoms with Crippen LogP contribution in [0.5, 0.6) is 5.75 Å². The third kappa shape index (κ3) is 4.78. The summed E-state index contributed by atoms with van der Waals surface area (Å²) in [6, 6.07) is 5.87. The van der Waals surface area contributed by atoms with Crippen molar-refractivity contribution in [3.63, 3.8) is 0 Å². The zero-order valence-electron chi connectivity index (χ0n) is 18.1. The Morgan fingerprint density at radius 3 is 2.74 bits per heavy atom. The number of nitrogens with zero attached hydrogens (tertiary/aromatic N) is 2. The van der Waals surface area contributed by atoms with Gasteiger partial charge in [0.15, 0.2) is 0 Å². The van der Waals surface area contributed by atoms with Crippen LogP contribution < -0.4 is 15.0 Å². The largest absolute Gasteiger partial charge is 0.490 e. The van der Waals surface area contributed by atoms with Crippen LogP contribution in [-0.4, -0.2) is 61.7 Å². The van der Waals surface area contributed by atoms with Gasteiger partial charge in [0.2, 0.25) is 11.8 Å². The van der Waals surface area contributed by atoms with E-state index in [0.717, 1.165) is 37.1 Å². The van der Waals surface area contributed by atoms with Crippen molar-refractivity contribution < 1.29 is 23.9 Å². The zero-order valence-corrected chi connectivity index (χ0v) is 18.1. The maximum Gasteiger partial charge on any atom is 0.409 e. The van der Waals surface area contributed by atoms with E-state index in [4.69, 9.17) is 9.47 Å². The molecule has 3 amide bonds. The fourth-order valence-electron chi connectivity index (χ4n) is 4.61. The van der Waals surface area contributed by atoms with Crippen LogP contribution in [0.15, 0.2) is 18.2 Å². The molecule has 0 bridgehead atoms. The number of piperidine rings is 2. The number of hydrogen-bond acceptors (Lipinski definition) is 6. The van der Waals surface area contributed by atoms with Crippen molar-refractivity contribution in [1.82, 2.24) is 10.2 Å². The summed E-state index contributed by atoms with van der Waals surface area (Å²) in [5.41, 5.74) is 2.10. The molecule has 2 saturated heterocycles. The zero-order chi connectivity index (χ0) is 21.8. The predicted molar refractivity (Wildman–Crippen MR) is 115 cm³/mol. The summed E-state index contributed by atoms with van der Waals surface area (Å²) in [6.45, 7) is 5.08. The van der Waals surface area contributed by atoms with Crippen molar-refractivity contribution in [2.45, 2.75) is 57.4 Å². The maximum absolute atomic E-state index is 12.3. The van der Waals surface area contributed by atoms with Gasteiger partial charge in [-0.15, -0.1) is 0 Å². The monoisotopic (exact) mass is 429 g/mol. The SMILES string of the molecule is CCCCOC(=O)N1CCC(c2ccc3c(c2)OCCN3C2CCC(=O)NC2=O)CC1. The Morgan fingerprint density at radius 2 is 2.00 bits per heavy atom. The normalized spacial score (nSPS) is 21.9. The number of unbranched alkanes of at least 4 members (excludes halogenated alkanes) is 1. The molecular formula is C23H31N3O5. The number of imide groups is 1. The molecule has 1 aromatic rings. The second kappa shape index (κ2) is 9.58. The Kier molecular flexibility index (Phi) is 6.63. The topological polar surface area (TPSA) is 88.2 Å². The number of rotatable bonds is 5. The lowest BCUT2D eigenvalue weighted by atomic mass is 9.89. The molecule has 8 heteroatoms. The predicted octanol–water partition coefficient (Wildman–Crippen LogP) is 2.81. The molecule has 2 fully saturated rings. The van der Waals surface area contributed by atoms with Crippen LogP contribution in [0.3, 0.4) is 0 Å². The molecule has 8 nitrogen and oxygen atoms in total. The molecule has 4 rings (SSSR count). The Hall–Kier alpha value is -2.77. The molecule has 1 aromatic carbocycles. The Balaban J connectivity index is 1.39. The summed E-state index contributed by atoms with van der Waals surface area (Å²) in [4.78, 5) is 39.8. The molecule has 3 aliphatic rings. The van der Waals surface area contributed by atoms with Gasteiger partial charge in [0, 0.05) is 19.5 Å². The summed E-state index contributed by atoms with van der Waals surface area (Å²) in [5, 5.41) is 2.45. The van der Waals surface area contributed by atoms with Crippen LogP contribution >= 0.6 is 0 Å². The van der Waals surface area contributed by atoms with E-state index >= 15 is 0 Å². The first-order valence-electron chi connectivity index (χ1n) is 11.4. The van der Waals surface area contributed by atoms with Crippen LogP contribution in [-0.2, 0) is 14.3 Å². The van der Waals surface area contributed by atoms with Crippen LogP contribution in [0, 0.1) is 0 Å². The van der Waals surface area contributed by atoms with E-state index < -0.39 is 0 Å². The molecule has 168 valence electrons. The second-order valence-electron chi connectivity index (χ2n) is 8.47. The number of ether oxygens (including phenoxy) is 2. The van der Waals surface area contributed by atoms with Gasteiger partial charge in [-0.1, -0.05) is 19.4 Å². The minimum Gasteiger partial charge on any atom is -0.490 e. The van der Waals surface area contributed by atoms with Gasteiger partial charge in [0.25, 0.3) is 0 Å². The number of likely N-dealkylation sites (tertiary alicyclic amines) is 1. The molecular weight excluding hydrogens is 398 g/mol. The van der Waals surface area contributed by atoms with E-state index in [-0.39, 0.29) is 23.9 Å². The first-order chi connectivity index (χ1) is 15.1. The van der Waals surface area contributed by atoms with Crippen molar-refractivity contribution in [3.05, 3.63) is 23.8 Å². The van der Waals surface area contributed by atoms with E-state index in [2.05, 4.69) is 29.3 Å². The van der Waals surface area contributed by atoms with Gasteiger partial charge in [-0.2, -0.15) is 0 Å². The fourth-order valence-corrected chi connectivity index (χ4v) is 4.61. The van der Waals surface area contributed by atoms with Crippen LogP contribution in [0.4, 0.5) is 10.5 Å². The van der Waals surface area contributed by atoms with E-state index in [9.17, 15) is 14.4 Å². The smallest absolute Gasteiger partial charge is 0.409 e. The number of fused-ring (bicyclic) bond motifs is 1. The molecule has 0 aromatic heterocycles. The molecule has 0 aliphatic carbocycles. The molecule has 1 atom stereocenters. The molecule has 0 saturated carbocycles. The summed E-state index contributed by atoms with van der Waals surface area (Å²) < 4.78 is 11.3. The molecule has 1 unspecified atom stereocenters. The highest BCUT2D eigenvalue weighted by Crippen LogP contribution is 2.38. The first kappa shape index (κ1) is 21.5. The first-order valence-corrected chi connectivity index (χ1v) is 11.4. The van der Waals surface area contributed by atoms with Crippen molar-refractivity contribution in [2.24, 2.45) is 0 Å². The highest BCUT2D eigenvalue weighted by Gasteiger charge is 2.35. The Bertz CT molecular complexity index is 835. The lowest BCUT2D eigenvalue weighted by molar-refractivity contribution is -0.134. The number of amides is 3. The van der Waals surface area contributed by atoms with Gasteiger partial charge < -0.3 is 19.3 Å².